The molecule has 0 N–H and O–H groups in total. The Kier molecular flexibility index (Phi) is 3.95. The first kappa shape index (κ1) is 17.3. The minimum Gasteiger partial charge on any atom is -0.457 e. The molecule has 4 aliphatic rings. The Labute approximate surface area is 157 Å². The third kappa shape index (κ3) is 2.79. The summed E-state index contributed by atoms with van der Waals surface area (Å²) < 4.78 is 7.68. The number of carbonyl (C=O) groups is 2. The summed E-state index contributed by atoms with van der Waals surface area (Å²) in [6.07, 6.45) is 6.36. The van der Waals surface area contributed by atoms with E-state index in [-0.39, 0.29) is 28.1 Å². The minimum absolute atomic E-state index is 0.104. The summed E-state index contributed by atoms with van der Waals surface area (Å²) in [7, 11) is 1.94. The molecule has 0 amide bonds. The topological polar surface area (TPSA) is 48.3 Å². The molecule has 4 aliphatic carbocycles. The molecule has 0 aliphatic heterocycles. The van der Waals surface area contributed by atoms with Gasteiger partial charge in [-0.3, -0.25) is 9.59 Å². The number of esters is 1. The lowest BCUT2D eigenvalue weighted by atomic mass is 9.49. The highest BCUT2D eigenvalue weighted by atomic mass is 79.9. The van der Waals surface area contributed by atoms with Gasteiger partial charge in [-0.05, 0) is 70.3 Å². The fraction of sp³-hybridized carbons (Fsp3) is 0.700. The predicted molar refractivity (Wildman–Crippen MR) is 98.9 cm³/mol. The monoisotopic (exact) mass is 407 g/mol. The van der Waals surface area contributed by atoms with Gasteiger partial charge in [-0.15, -0.1) is 0 Å². The number of halogens is 1. The van der Waals surface area contributed by atoms with Crippen LogP contribution in [0.3, 0.4) is 0 Å². The normalized spacial score (nSPS) is 35.8. The van der Waals surface area contributed by atoms with Crippen molar-refractivity contribution in [2.45, 2.75) is 56.7 Å². The largest absolute Gasteiger partial charge is 0.457 e. The highest BCUT2D eigenvalue weighted by Crippen LogP contribution is 2.64. The fourth-order valence-electron chi connectivity index (χ4n) is 5.89. The van der Waals surface area contributed by atoms with Crippen LogP contribution in [-0.4, -0.2) is 27.3 Å². The molecule has 1 aromatic rings. The van der Waals surface area contributed by atoms with Gasteiger partial charge in [-0.2, -0.15) is 0 Å². The van der Waals surface area contributed by atoms with Gasteiger partial charge in [0.2, 0.25) is 5.78 Å². The highest BCUT2D eigenvalue weighted by Gasteiger charge is 2.60. The van der Waals surface area contributed by atoms with Crippen molar-refractivity contribution < 1.29 is 14.3 Å². The van der Waals surface area contributed by atoms with E-state index in [1.807, 2.05) is 31.5 Å². The Morgan fingerprint density at radius 3 is 2.40 bits per heavy atom. The molecule has 25 heavy (non-hydrogen) atoms. The van der Waals surface area contributed by atoms with Gasteiger partial charge in [0.05, 0.1) is 5.41 Å². The minimum atomic E-state index is -0.366. The molecule has 136 valence electrons. The molecular weight excluding hydrogens is 382 g/mol. The van der Waals surface area contributed by atoms with E-state index in [1.165, 1.54) is 19.3 Å². The van der Waals surface area contributed by atoms with Crippen molar-refractivity contribution in [1.29, 1.82) is 0 Å². The molecule has 5 heteroatoms. The van der Waals surface area contributed by atoms with Crippen LogP contribution >= 0.6 is 15.9 Å². The Hall–Kier alpha value is -1.10. The first-order chi connectivity index (χ1) is 11.7. The van der Waals surface area contributed by atoms with E-state index in [0.29, 0.717) is 17.4 Å². The lowest BCUT2D eigenvalue weighted by molar-refractivity contribution is -0.168. The second-order valence-electron chi connectivity index (χ2n) is 8.74. The van der Waals surface area contributed by atoms with Gasteiger partial charge in [0, 0.05) is 28.3 Å². The molecule has 4 fully saturated rings. The number of hydrogen-bond donors (Lipinski definition) is 0. The van der Waals surface area contributed by atoms with Crippen LogP contribution < -0.4 is 0 Å². The Morgan fingerprint density at radius 2 is 1.88 bits per heavy atom. The van der Waals surface area contributed by atoms with E-state index in [9.17, 15) is 9.59 Å². The zero-order valence-corrected chi connectivity index (χ0v) is 16.8. The molecule has 2 atom stereocenters. The molecule has 4 saturated carbocycles. The van der Waals surface area contributed by atoms with Crippen LogP contribution in [0.1, 0.15) is 60.3 Å². The van der Waals surface area contributed by atoms with Gasteiger partial charge in [-0.25, -0.2) is 0 Å². The molecular formula is C20H26BrNO3. The smallest absolute Gasteiger partial charge is 0.312 e. The van der Waals surface area contributed by atoms with Crippen molar-refractivity contribution in [3.8, 4) is 0 Å². The second kappa shape index (κ2) is 5.70. The van der Waals surface area contributed by atoms with Crippen molar-refractivity contribution >= 4 is 27.7 Å². The van der Waals surface area contributed by atoms with Crippen LogP contribution in [0.2, 0.25) is 0 Å². The van der Waals surface area contributed by atoms with Gasteiger partial charge < -0.3 is 9.30 Å². The molecule has 4 bridgehead atoms. The maximum absolute atomic E-state index is 12.9. The number of nitrogens with zero attached hydrogens (tertiary/aromatic N) is 1. The molecule has 0 radical (unpaired) electrons. The van der Waals surface area contributed by atoms with E-state index in [0.717, 1.165) is 30.7 Å². The summed E-state index contributed by atoms with van der Waals surface area (Å²) in [4.78, 5) is 25.5. The van der Waals surface area contributed by atoms with Crippen molar-refractivity contribution in [2.75, 3.05) is 6.61 Å². The summed E-state index contributed by atoms with van der Waals surface area (Å²) in [5.74, 6) is 1.00. The number of rotatable bonds is 4. The maximum Gasteiger partial charge on any atom is 0.312 e. The molecule has 5 rings (SSSR count). The summed E-state index contributed by atoms with van der Waals surface area (Å²) in [6.45, 7) is 3.76. The van der Waals surface area contributed by atoms with E-state index in [1.54, 1.807) is 0 Å². The summed E-state index contributed by atoms with van der Waals surface area (Å²) in [5.41, 5.74) is 2.26. The SMILES string of the molecule is Cc1cc(C(=O)COC(=O)C23C[C@H]4C[C@@H](CC(Br)(C4)C2)C3)c(C)n1C. The first-order valence-electron chi connectivity index (χ1n) is 9.24. The van der Waals surface area contributed by atoms with Crippen LogP contribution in [0.4, 0.5) is 0 Å². The van der Waals surface area contributed by atoms with Gasteiger partial charge in [0.1, 0.15) is 0 Å². The van der Waals surface area contributed by atoms with Crippen molar-refractivity contribution in [1.82, 2.24) is 4.57 Å². The van der Waals surface area contributed by atoms with Crippen molar-refractivity contribution in [3.63, 3.8) is 0 Å². The number of aryl methyl sites for hydroxylation is 1. The van der Waals surface area contributed by atoms with Crippen LogP contribution in [0.25, 0.3) is 0 Å². The Morgan fingerprint density at radius 1 is 1.24 bits per heavy atom. The van der Waals surface area contributed by atoms with Gasteiger partial charge >= 0.3 is 5.97 Å². The lowest BCUT2D eigenvalue weighted by Gasteiger charge is -2.58. The Bertz CT molecular complexity index is 736. The summed E-state index contributed by atoms with van der Waals surface area (Å²) >= 11 is 3.92. The second-order valence-corrected chi connectivity index (χ2v) is 10.4. The van der Waals surface area contributed by atoms with Gasteiger partial charge in [-0.1, -0.05) is 15.9 Å². The third-order valence-electron chi connectivity index (χ3n) is 6.83. The predicted octanol–water partition coefficient (Wildman–Crippen LogP) is 4.10. The molecule has 0 saturated heterocycles. The number of Topliss-reactive ketones (excluding diaryl/α,β-unsaturated/α-hetero) is 1. The number of ether oxygens (including phenoxy) is 1. The van der Waals surface area contributed by atoms with Crippen molar-refractivity contribution in [3.05, 3.63) is 23.0 Å². The quantitative estimate of drug-likeness (QED) is 0.428. The van der Waals surface area contributed by atoms with Gasteiger partial charge in [0.25, 0.3) is 0 Å². The van der Waals surface area contributed by atoms with Crippen LogP contribution in [-0.2, 0) is 16.6 Å². The molecule has 0 spiro atoms. The van der Waals surface area contributed by atoms with E-state index >= 15 is 0 Å². The average molecular weight is 408 g/mol. The lowest BCUT2D eigenvalue weighted by Crippen LogP contribution is -2.56. The average Bonchev–Trinajstić information content (AvgIpc) is 2.77. The fourth-order valence-corrected chi connectivity index (χ4v) is 7.34. The number of aromatic nitrogens is 1. The number of alkyl halides is 1. The zero-order chi connectivity index (χ0) is 18.0. The molecule has 1 aromatic heterocycles. The molecule has 0 aromatic carbocycles. The summed E-state index contributed by atoms with van der Waals surface area (Å²) in [5, 5.41) is 0. The maximum atomic E-state index is 12.9. The standard InChI is InChI=1S/C20H26BrNO3/c1-12-4-16(13(2)22(12)3)17(23)10-25-18(24)19-6-14-5-15(7-19)9-20(21,8-14)11-19/h4,14-15H,5-11H2,1-3H3/t14-,15-,19?,20?/m1/s1. The van der Waals surface area contributed by atoms with Crippen LogP contribution in [0.5, 0.6) is 0 Å². The number of hydrogen-bond acceptors (Lipinski definition) is 3. The van der Waals surface area contributed by atoms with Crippen molar-refractivity contribution in [2.24, 2.45) is 24.3 Å². The van der Waals surface area contributed by atoms with E-state index < -0.39 is 0 Å². The molecule has 0 unspecified atom stereocenters. The van der Waals surface area contributed by atoms with Crippen LogP contribution in [0, 0.1) is 31.1 Å². The number of carbonyl (C=O) groups excluding carboxylic acids is 2. The van der Waals surface area contributed by atoms with Crippen LogP contribution in [0.15, 0.2) is 6.07 Å². The van der Waals surface area contributed by atoms with E-state index in [2.05, 4.69) is 15.9 Å². The third-order valence-corrected chi connectivity index (χ3v) is 7.76. The van der Waals surface area contributed by atoms with Gasteiger partial charge in [0.15, 0.2) is 6.61 Å². The zero-order valence-electron chi connectivity index (χ0n) is 15.2. The molecule has 4 nitrogen and oxygen atoms in total. The highest BCUT2D eigenvalue weighted by molar-refractivity contribution is 9.10. The first-order valence-corrected chi connectivity index (χ1v) is 10.0. The van der Waals surface area contributed by atoms with E-state index in [4.69, 9.17) is 4.74 Å². The molecule has 1 heterocycles. The number of ketones is 1. The summed E-state index contributed by atoms with van der Waals surface area (Å²) in [6, 6.07) is 1.88. The Balaban J connectivity index is 1.46.